The van der Waals surface area contributed by atoms with Crippen molar-refractivity contribution in [1.82, 2.24) is 4.90 Å². The Morgan fingerprint density at radius 3 is 2.55 bits per heavy atom. The van der Waals surface area contributed by atoms with E-state index in [0.717, 1.165) is 22.3 Å². The average Bonchev–Trinajstić information content (AvgIpc) is 3.07. The van der Waals surface area contributed by atoms with Crippen molar-refractivity contribution in [2.75, 3.05) is 7.11 Å². The highest BCUT2D eigenvalue weighted by atomic mass is 35.5. The van der Waals surface area contributed by atoms with Gasteiger partial charge >= 0.3 is 0 Å². The Kier molecular flexibility index (Phi) is 7.38. The largest absolute Gasteiger partial charge is 0.493 e. The summed E-state index contributed by atoms with van der Waals surface area (Å²) in [6.07, 6.45) is 1.78. The molecule has 0 N–H and O–H groups in total. The van der Waals surface area contributed by atoms with Gasteiger partial charge in [-0.2, -0.15) is 0 Å². The van der Waals surface area contributed by atoms with Gasteiger partial charge in [0.05, 0.1) is 23.6 Å². The van der Waals surface area contributed by atoms with E-state index in [1.807, 2.05) is 67.6 Å². The van der Waals surface area contributed by atoms with Crippen LogP contribution in [0.1, 0.15) is 22.3 Å². The molecule has 1 saturated heterocycles. The third-order valence-electron chi connectivity index (χ3n) is 5.24. The van der Waals surface area contributed by atoms with E-state index in [1.165, 1.54) is 11.8 Å². The molecule has 0 aliphatic carbocycles. The van der Waals surface area contributed by atoms with Gasteiger partial charge in [-0.05, 0) is 47.4 Å². The van der Waals surface area contributed by atoms with Crippen LogP contribution in [0.4, 0.5) is 0 Å². The molecular formula is C26H22ClNO3S2. The predicted molar refractivity (Wildman–Crippen MR) is 139 cm³/mol. The molecule has 1 heterocycles. The number of ether oxygens (including phenoxy) is 2. The van der Waals surface area contributed by atoms with E-state index in [2.05, 4.69) is 0 Å². The van der Waals surface area contributed by atoms with Gasteiger partial charge in [-0.25, -0.2) is 0 Å². The normalized spacial score (nSPS) is 14.8. The molecule has 3 aromatic rings. The minimum Gasteiger partial charge on any atom is -0.493 e. The van der Waals surface area contributed by atoms with Crippen molar-refractivity contribution in [2.45, 2.75) is 20.1 Å². The first kappa shape index (κ1) is 23.4. The summed E-state index contributed by atoms with van der Waals surface area (Å²) in [5.41, 5.74) is 3.97. The maximum Gasteiger partial charge on any atom is 0.266 e. The van der Waals surface area contributed by atoms with Gasteiger partial charge in [-0.1, -0.05) is 90.2 Å². The number of carbonyl (C=O) groups excluding carboxylic acids is 1. The van der Waals surface area contributed by atoms with Crippen molar-refractivity contribution in [2.24, 2.45) is 0 Å². The van der Waals surface area contributed by atoms with Crippen LogP contribution < -0.4 is 9.47 Å². The zero-order chi connectivity index (χ0) is 23.4. The van der Waals surface area contributed by atoms with Gasteiger partial charge in [0.2, 0.25) is 0 Å². The van der Waals surface area contributed by atoms with Gasteiger partial charge in [-0.3, -0.25) is 9.69 Å². The fraction of sp³-hybridized carbons (Fsp3) is 0.154. The predicted octanol–water partition coefficient (Wildman–Crippen LogP) is 6.64. The smallest absolute Gasteiger partial charge is 0.266 e. The second-order valence-corrected chi connectivity index (χ2v) is 9.59. The van der Waals surface area contributed by atoms with Gasteiger partial charge in [-0.15, -0.1) is 0 Å². The highest BCUT2D eigenvalue weighted by Gasteiger charge is 2.32. The number of thiocarbonyl (C=S) groups is 1. The van der Waals surface area contributed by atoms with E-state index in [-0.39, 0.29) is 5.91 Å². The molecule has 0 radical (unpaired) electrons. The van der Waals surface area contributed by atoms with Crippen LogP contribution in [-0.4, -0.2) is 22.2 Å². The van der Waals surface area contributed by atoms with Gasteiger partial charge in [0.15, 0.2) is 11.5 Å². The molecule has 1 aliphatic rings. The van der Waals surface area contributed by atoms with Crippen molar-refractivity contribution in [3.05, 3.63) is 98.9 Å². The van der Waals surface area contributed by atoms with Gasteiger partial charge < -0.3 is 9.47 Å². The fourth-order valence-electron chi connectivity index (χ4n) is 3.44. The molecule has 3 aromatic carbocycles. The summed E-state index contributed by atoms with van der Waals surface area (Å²) in [7, 11) is 1.56. The number of hydrogen-bond acceptors (Lipinski definition) is 5. The number of carbonyl (C=O) groups is 1. The van der Waals surface area contributed by atoms with Crippen molar-refractivity contribution in [3.63, 3.8) is 0 Å². The highest BCUT2D eigenvalue weighted by Crippen LogP contribution is 2.39. The van der Waals surface area contributed by atoms with Gasteiger partial charge in [0.25, 0.3) is 5.91 Å². The van der Waals surface area contributed by atoms with Crippen molar-refractivity contribution < 1.29 is 14.3 Å². The number of amides is 1. The van der Waals surface area contributed by atoms with Crippen LogP contribution in [0.25, 0.3) is 6.08 Å². The standard InChI is InChI=1S/C26H22ClNO3S2/c1-17-8-6-7-11-20(17)16-31-24-21(27)12-19(13-22(24)30-2)14-23-25(29)28(26(32)33-23)15-18-9-4-3-5-10-18/h3-14H,15-16H2,1-2H3. The van der Waals surface area contributed by atoms with Crippen LogP contribution in [0.3, 0.4) is 0 Å². The SMILES string of the molecule is COc1cc(C=C2SC(=S)N(Cc3ccccc3)C2=O)cc(Cl)c1OCc1ccccc1C. The molecule has 7 heteroatoms. The Labute approximate surface area is 208 Å². The molecule has 168 valence electrons. The number of halogens is 1. The lowest BCUT2D eigenvalue weighted by atomic mass is 10.1. The molecule has 4 rings (SSSR count). The Morgan fingerprint density at radius 2 is 1.82 bits per heavy atom. The zero-order valence-electron chi connectivity index (χ0n) is 18.2. The van der Waals surface area contributed by atoms with Gasteiger partial charge in [0.1, 0.15) is 10.9 Å². The first-order valence-electron chi connectivity index (χ1n) is 10.3. The first-order chi connectivity index (χ1) is 16.0. The minimum atomic E-state index is -0.121. The third kappa shape index (κ3) is 5.41. The summed E-state index contributed by atoms with van der Waals surface area (Å²) >= 11 is 13.3. The summed E-state index contributed by atoms with van der Waals surface area (Å²) in [5.74, 6) is 0.849. The monoisotopic (exact) mass is 495 g/mol. The maximum atomic E-state index is 13.0. The van der Waals surface area contributed by atoms with E-state index in [0.29, 0.717) is 38.9 Å². The fourth-order valence-corrected chi connectivity index (χ4v) is 4.97. The lowest BCUT2D eigenvalue weighted by Gasteiger charge is -2.15. The molecule has 1 aliphatic heterocycles. The summed E-state index contributed by atoms with van der Waals surface area (Å²) in [6.45, 7) is 2.85. The molecular weight excluding hydrogens is 474 g/mol. The van der Waals surface area contributed by atoms with E-state index < -0.39 is 0 Å². The lowest BCUT2D eigenvalue weighted by Crippen LogP contribution is -2.27. The quantitative estimate of drug-likeness (QED) is 0.271. The number of rotatable bonds is 7. The Bertz CT molecular complexity index is 1230. The van der Waals surface area contributed by atoms with Gasteiger partial charge in [0, 0.05) is 0 Å². The molecule has 33 heavy (non-hydrogen) atoms. The zero-order valence-corrected chi connectivity index (χ0v) is 20.6. The number of thioether (sulfide) groups is 1. The number of aryl methyl sites for hydroxylation is 1. The summed E-state index contributed by atoms with van der Waals surface area (Å²) in [6, 6.07) is 21.4. The van der Waals surface area contributed by atoms with Crippen LogP contribution >= 0.6 is 35.6 Å². The van der Waals surface area contributed by atoms with E-state index in [9.17, 15) is 4.79 Å². The molecule has 0 spiro atoms. The number of benzene rings is 3. The second kappa shape index (κ2) is 10.4. The molecule has 0 atom stereocenters. The molecule has 0 bridgehead atoms. The molecule has 1 amide bonds. The summed E-state index contributed by atoms with van der Waals surface area (Å²) in [5, 5.41) is 0.411. The lowest BCUT2D eigenvalue weighted by molar-refractivity contribution is -0.122. The van der Waals surface area contributed by atoms with Crippen LogP contribution in [0.5, 0.6) is 11.5 Å². The van der Waals surface area contributed by atoms with Crippen LogP contribution in [-0.2, 0) is 17.9 Å². The number of nitrogens with zero attached hydrogens (tertiary/aromatic N) is 1. The molecule has 1 fully saturated rings. The molecule has 4 nitrogen and oxygen atoms in total. The van der Waals surface area contributed by atoms with Crippen molar-refractivity contribution >= 4 is 51.9 Å². The number of hydrogen-bond donors (Lipinski definition) is 0. The van der Waals surface area contributed by atoms with Crippen LogP contribution in [0.2, 0.25) is 5.02 Å². The molecule has 0 unspecified atom stereocenters. The third-order valence-corrected chi connectivity index (χ3v) is 6.90. The highest BCUT2D eigenvalue weighted by molar-refractivity contribution is 8.26. The minimum absolute atomic E-state index is 0.121. The van der Waals surface area contributed by atoms with E-state index in [4.69, 9.17) is 33.3 Å². The van der Waals surface area contributed by atoms with Crippen molar-refractivity contribution in [3.8, 4) is 11.5 Å². The van der Waals surface area contributed by atoms with E-state index in [1.54, 1.807) is 24.2 Å². The molecule has 0 aromatic heterocycles. The topological polar surface area (TPSA) is 38.8 Å². The Hall–Kier alpha value is -2.80. The van der Waals surface area contributed by atoms with E-state index >= 15 is 0 Å². The number of methoxy groups -OCH3 is 1. The Balaban J connectivity index is 1.54. The van der Waals surface area contributed by atoms with Crippen LogP contribution in [0.15, 0.2) is 71.6 Å². The Morgan fingerprint density at radius 1 is 1.09 bits per heavy atom. The second-order valence-electron chi connectivity index (χ2n) is 7.50. The van der Waals surface area contributed by atoms with Crippen LogP contribution in [0, 0.1) is 6.92 Å². The first-order valence-corrected chi connectivity index (χ1v) is 11.9. The summed E-state index contributed by atoms with van der Waals surface area (Å²) < 4.78 is 12.1. The average molecular weight is 496 g/mol. The van der Waals surface area contributed by atoms with Crippen molar-refractivity contribution in [1.29, 1.82) is 0 Å². The maximum absolute atomic E-state index is 13.0. The molecule has 0 saturated carbocycles. The summed E-state index contributed by atoms with van der Waals surface area (Å²) in [4.78, 5) is 15.1.